The van der Waals surface area contributed by atoms with Crippen LogP contribution in [-0.4, -0.2) is 29.8 Å². The summed E-state index contributed by atoms with van der Waals surface area (Å²) in [5, 5.41) is 10.4. The van der Waals surface area contributed by atoms with Gasteiger partial charge in [-0.05, 0) is 41.5 Å². The third kappa shape index (κ3) is 2.45. The Morgan fingerprint density at radius 2 is 2.06 bits per heavy atom. The smallest absolute Gasteiger partial charge is 0.161 e. The van der Waals surface area contributed by atoms with Gasteiger partial charge in [-0.25, -0.2) is 0 Å². The lowest BCUT2D eigenvalue weighted by atomic mass is 9.95. The SMILES string of the molecule is OC(c1ccc2c(c1)OCCCO2)C1CCSC1. The van der Waals surface area contributed by atoms with Crippen molar-refractivity contribution in [1.82, 2.24) is 0 Å². The van der Waals surface area contributed by atoms with E-state index in [0.717, 1.165) is 41.4 Å². The second kappa shape index (κ2) is 5.41. The molecule has 0 bridgehead atoms. The second-order valence-electron chi connectivity index (χ2n) is 4.83. The summed E-state index contributed by atoms with van der Waals surface area (Å²) >= 11 is 1.92. The molecule has 1 fully saturated rings. The largest absolute Gasteiger partial charge is 0.490 e. The Morgan fingerprint density at radius 3 is 2.83 bits per heavy atom. The lowest BCUT2D eigenvalue weighted by molar-refractivity contribution is 0.121. The predicted octanol–water partition coefficient (Wildman–Crippen LogP) is 2.63. The van der Waals surface area contributed by atoms with Gasteiger partial charge in [-0.1, -0.05) is 6.07 Å². The molecule has 0 aromatic heterocycles. The third-order valence-electron chi connectivity index (χ3n) is 3.52. The molecular weight excluding hydrogens is 248 g/mol. The van der Waals surface area contributed by atoms with Crippen molar-refractivity contribution in [3.63, 3.8) is 0 Å². The number of aliphatic hydroxyl groups is 1. The Morgan fingerprint density at radius 1 is 1.22 bits per heavy atom. The highest BCUT2D eigenvalue weighted by Gasteiger charge is 2.26. The predicted molar refractivity (Wildman–Crippen MR) is 72.4 cm³/mol. The van der Waals surface area contributed by atoms with Crippen molar-refractivity contribution in [2.45, 2.75) is 18.9 Å². The van der Waals surface area contributed by atoms with Gasteiger partial charge in [0.2, 0.25) is 0 Å². The first-order valence-corrected chi connectivity index (χ1v) is 7.65. The summed E-state index contributed by atoms with van der Waals surface area (Å²) in [5.74, 6) is 4.15. The van der Waals surface area contributed by atoms with Crippen LogP contribution in [0.5, 0.6) is 11.5 Å². The van der Waals surface area contributed by atoms with E-state index >= 15 is 0 Å². The van der Waals surface area contributed by atoms with Crippen molar-refractivity contribution in [1.29, 1.82) is 0 Å². The molecule has 1 aromatic carbocycles. The number of ether oxygens (including phenoxy) is 2. The van der Waals surface area contributed by atoms with Crippen LogP contribution in [0, 0.1) is 5.92 Å². The van der Waals surface area contributed by atoms with Gasteiger partial charge in [0, 0.05) is 6.42 Å². The molecule has 2 heterocycles. The van der Waals surface area contributed by atoms with Gasteiger partial charge < -0.3 is 14.6 Å². The molecule has 0 radical (unpaired) electrons. The van der Waals surface area contributed by atoms with Gasteiger partial charge in [-0.15, -0.1) is 0 Å². The molecule has 3 rings (SSSR count). The van der Waals surface area contributed by atoms with Crippen LogP contribution < -0.4 is 9.47 Å². The highest BCUT2D eigenvalue weighted by molar-refractivity contribution is 7.99. The van der Waals surface area contributed by atoms with E-state index in [9.17, 15) is 5.11 Å². The molecule has 0 saturated carbocycles. The van der Waals surface area contributed by atoms with Crippen molar-refractivity contribution in [2.75, 3.05) is 24.7 Å². The van der Waals surface area contributed by atoms with Crippen molar-refractivity contribution < 1.29 is 14.6 Å². The van der Waals surface area contributed by atoms with Gasteiger partial charge in [0.1, 0.15) is 0 Å². The van der Waals surface area contributed by atoms with E-state index in [1.165, 1.54) is 0 Å². The molecule has 4 heteroatoms. The summed E-state index contributed by atoms with van der Waals surface area (Å²) in [5.41, 5.74) is 0.951. The normalized spacial score (nSPS) is 24.6. The second-order valence-corrected chi connectivity index (χ2v) is 5.97. The standard InChI is InChI=1S/C14H18O3S/c15-14(11-4-7-18-9-11)10-2-3-12-13(8-10)17-6-1-5-16-12/h2-3,8,11,14-15H,1,4-7,9H2. The number of hydrogen-bond donors (Lipinski definition) is 1. The van der Waals surface area contributed by atoms with Crippen LogP contribution >= 0.6 is 11.8 Å². The summed E-state index contributed by atoms with van der Waals surface area (Å²) in [6, 6.07) is 5.82. The van der Waals surface area contributed by atoms with E-state index < -0.39 is 0 Å². The molecule has 2 unspecified atom stereocenters. The van der Waals surface area contributed by atoms with E-state index in [-0.39, 0.29) is 6.10 Å². The highest BCUT2D eigenvalue weighted by atomic mass is 32.2. The van der Waals surface area contributed by atoms with E-state index in [2.05, 4.69) is 0 Å². The topological polar surface area (TPSA) is 38.7 Å². The van der Waals surface area contributed by atoms with Gasteiger partial charge in [0.15, 0.2) is 11.5 Å². The molecule has 1 aromatic rings. The van der Waals surface area contributed by atoms with Crippen LogP contribution in [-0.2, 0) is 0 Å². The van der Waals surface area contributed by atoms with E-state index in [1.807, 2.05) is 30.0 Å². The van der Waals surface area contributed by atoms with Gasteiger partial charge in [-0.2, -0.15) is 11.8 Å². The third-order valence-corrected chi connectivity index (χ3v) is 4.71. The van der Waals surface area contributed by atoms with Crippen LogP contribution in [0.25, 0.3) is 0 Å². The van der Waals surface area contributed by atoms with E-state index in [4.69, 9.17) is 9.47 Å². The maximum absolute atomic E-state index is 10.4. The fraction of sp³-hybridized carbons (Fsp3) is 0.571. The molecule has 18 heavy (non-hydrogen) atoms. The quantitative estimate of drug-likeness (QED) is 0.893. The van der Waals surface area contributed by atoms with Crippen LogP contribution in [0.2, 0.25) is 0 Å². The van der Waals surface area contributed by atoms with Crippen molar-refractivity contribution >= 4 is 11.8 Å². The fourth-order valence-electron chi connectivity index (χ4n) is 2.44. The fourth-order valence-corrected chi connectivity index (χ4v) is 3.73. The summed E-state index contributed by atoms with van der Waals surface area (Å²) < 4.78 is 11.3. The summed E-state index contributed by atoms with van der Waals surface area (Å²) in [4.78, 5) is 0. The average molecular weight is 266 g/mol. The lowest BCUT2D eigenvalue weighted by Crippen LogP contribution is -2.11. The minimum Gasteiger partial charge on any atom is -0.490 e. The summed E-state index contributed by atoms with van der Waals surface area (Å²) in [6.45, 7) is 1.39. The van der Waals surface area contributed by atoms with Gasteiger partial charge in [0.05, 0.1) is 19.3 Å². The van der Waals surface area contributed by atoms with Gasteiger partial charge in [0.25, 0.3) is 0 Å². The number of fused-ring (bicyclic) bond motifs is 1. The maximum Gasteiger partial charge on any atom is 0.161 e. The van der Waals surface area contributed by atoms with Gasteiger partial charge >= 0.3 is 0 Å². The Bertz CT molecular complexity index is 416. The molecule has 0 spiro atoms. The first kappa shape index (κ1) is 12.2. The number of benzene rings is 1. The van der Waals surface area contributed by atoms with Gasteiger partial charge in [-0.3, -0.25) is 0 Å². The zero-order chi connectivity index (χ0) is 12.4. The molecule has 0 amide bonds. The first-order chi connectivity index (χ1) is 8.84. The van der Waals surface area contributed by atoms with Crippen LogP contribution in [0.15, 0.2) is 18.2 Å². The molecule has 2 aliphatic rings. The Balaban J connectivity index is 1.82. The molecular formula is C14H18O3S. The van der Waals surface area contributed by atoms with Crippen molar-refractivity contribution in [2.24, 2.45) is 5.92 Å². The lowest BCUT2D eigenvalue weighted by Gasteiger charge is -2.18. The molecule has 0 aliphatic carbocycles. The van der Waals surface area contributed by atoms with E-state index in [1.54, 1.807) is 0 Å². The molecule has 2 atom stereocenters. The van der Waals surface area contributed by atoms with Crippen molar-refractivity contribution in [3.8, 4) is 11.5 Å². The van der Waals surface area contributed by atoms with Crippen LogP contribution in [0.4, 0.5) is 0 Å². The summed E-state index contributed by atoms with van der Waals surface area (Å²) in [7, 11) is 0. The average Bonchev–Trinajstić information content (AvgIpc) is 2.83. The number of aliphatic hydroxyl groups excluding tert-OH is 1. The molecule has 3 nitrogen and oxygen atoms in total. The molecule has 1 saturated heterocycles. The van der Waals surface area contributed by atoms with Crippen LogP contribution in [0.3, 0.4) is 0 Å². The van der Waals surface area contributed by atoms with E-state index in [0.29, 0.717) is 19.1 Å². The minimum atomic E-state index is -0.378. The Hall–Kier alpha value is -0.870. The maximum atomic E-state index is 10.4. The zero-order valence-corrected chi connectivity index (χ0v) is 11.1. The Labute approximate surface area is 111 Å². The number of hydrogen-bond acceptors (Lipinski definition) is 4. The number of thioether (sulfide) groups is 1. The number of rotatable bonds is 2. The van der Waals surface area contributed by atoms with Crippen molar-refractivity contribution in [3.05, 3.63) is 23.8 Å². The zero-order valence-electron chi connectivity index (χ0n) is 10.3. The minimum absolute atomic E-state index is 0.375. The highest BCUT2D eigenvalue weighted by Crippen LogP contribution is 2.38. The summed E-state index contributed by atoms with van der Waals surface area (Å²) in [6.07, 6.45) is 1.63. The molecule has 98 valence electrons. The Kier molecular flexibility index (Phi) is 3.66. The van der Waals surface area contributed by atoms with Crippen LogP contribution in [0.1, 0.15) is 24.5 Å². The monoisotopic (exact) mass is 266 g/mol. The first-order valence-electron chi connectivity index (χ1n) is 6.50. The molecule has 2 aliphatic heterocycles. The molecule has 1 N–H and O–H groups in total.